The lowest BCUT2D eigenvalue weighted by atomic mass is 10.1. The number of fused-ring (bicyclic) bond motifs is 1. The van der Waals surface area contributed by atoms with Crippen molar-refractivity contribution in [2.24, 2.45) is 0 Å². The molecule has 1 aromatic carbocycles. The van der Waals surface area contributed by atoms with Crippen LogP contribution in [0.1, 0.15) is 27.9 Å². The molecule has 0 bridgehead atoms. The Labute approximate surface area is 95.2 Å². The number of amides is 1. The number of hydrogen-bond donors (Lipinski definition) is 2. The standard InChI is InChI=1S/C13H16N2O/c16-13(15-12-7-14-8-12)11-5-4-9-2-1-3-10(9)6-11/h4-6,12,14H,1-3,7-8H2,(H,15,16). The van der Waals surface area contributed by atoms with Crippen LogP contribution in [0.25, 0.3) is 0 Å². The van der Waals surface area contributed by atoms with Crippen LogP contribution in [0.5, 0.6) is 0 Å². The number of rotatable bonds is 2. The topological polar surface area (TPSA) is 41.1 Å². The van der Waals surface area contributed by atoms with E-state index in [0.29, 0.717) is 6.04 Å². The normalized spacial score (nSPS) is 19.0. The summed E-state index contributed by atoms with van der Waals surface area (Å²) in [5.41, 5.74) is 3.59. The maximum Gasteiger partial charge on any atom is 0.251 e. The molecule has 0 radical (unpaired) electrons. The molecule has 84 valence electrons. The molecular formula is C13H16N2O. The van der Waals surface area contributed by atoms with Gasteiger partial charge in [0.2, 0.25) is 0 Å². The van der Waals surface area contributed by atoms with E-state index < -0.39 is 0 Å². The van der Waals surface area contributed by atoms with Gasteiger partial charge in [-0.2, -0.15) is 0 Å². The van der Waals surface area contributed by atoms with Crippen LogP contribution in [0.2, 0.25) is 0 Å². The molecule has 1 fully saturated rings. The van der Waals surface area contributed by atoms with Gasteiger partial charge in [-0.3, -0.25) is 4.79 Å². The molecule has 2 N–H and O–H groups in total. The molecule has 3 heteroatoms. The van der Waals surface area contributed by atoms with Gasteiger partial charge < -0.3 is 10.6 Å². The summed E-state index contributed by atoms with van der Waals surface area (Å²) in [6.45, 7) is 1.80. The number of carbonyl (C=O) groups excluding carboxylic acids is 1. The predicted octanol–water partition coefficient (Wildman–Crippen LogP) is 0.877. The van der Waals surface area contributed by atoms with Crippen LogP contribution in [-0.4, -0.2) is 25.0 Å². The fraction of sp³-hybridized carbons (Fsp3) is 0.462. The molecular weight excluding hydrogens is 200 g/mol. The van der Waals surface area contributed by atoms with Crippen molar-refractivity contribution in [3.05, 3.63) is 34.9 Å². The maximum atomic E-state index is 11.9. The van der Waals surface area contributed by atoms with Gasteiger partial charge >= 0.3 is 0 Å². The Bertz CT molecular complexity index is 424. The van der Waals surface area contributed by atoms with E-state index in [2.05, 4.69) is 22.8 Å². The second-order valence-corrected chi connectivity index (χ2v) is 4.67. The average molecular weight is 216 g/mol. The van der Waals surface area contributed by atoms with Gasteiger partial charge in [0, 0.05) is 18.7 Å². The Hall–Kier alpha value is -1.35. The molecule has 1 saturated heterocycles. The Balaban J connectivity index is 1.75. The zero-order chi connectivity index (χ0) is 11.0. The molecule has 0 unspecified atom stereocenters. The second-order valence-electron chi connectivity index (χ2n) is 4.67. The van der Waals surface area contributed by atoms with Crippen molar-refractivity contribution >= 4 is 5.91 Å². The number of benzene rings is 1. The SMILES string of the molecule is O=C(NC1CNC1)c1ccc2c(c1)CCC2. The molecule has 0 atom stereocenters. The minimum absolute atomic E-state index is 0.0706. The molecule has 1 aromatic rings. The predicted molar refractivity (Wildman–Crippen MR) is 62.6 cm³/mol. The summed E-state index contributed by atoms with van der Waals surface area (Å²) in [7, 11) is 0. The zero-order valence-corrected chi connectivity index (χ0v) is 9.25. The van der Waals surface area contributed by atoms with Crippen LogP contribution in [0.4, 0.5) is 0 Å². The van der Waals surface area contributed by atoms with E-state index in [1.165, 1.54) is 24.0 Å². The summed E-state index contributed by atoms with van der Waals surface area (Å²) < 4.78 is 0. The minimum atomic E-state index is 0.0706. The molecule has 0 aromatic heterocycles. The molecule has 3 nitrogen and oxygen atoms in total. The van der Waals surface area contributed by atoms with Crippen LogP contribution >= 0.6 is 0 Å². The Morgan fingerprint density at radius 3 is 2.81 bits per heavy atom. The van der Waals surface area contributed by atoms with E-state index in [-0.39, 0.29) is 5.91 Å². The Kier molecular flexibility index (Phi) is 2.40. The Morgan fingerprint density at radius 1 is 1.25 bits per heavy atom. The zero-order valence-electron chi connectivity index (χ0n) is 9.25. The van der Waals surface area contributed by atoms with E-state index in [9.17, 15) is 4.79 Å². The van der Waals surface area contributed by atoms with Gasteiger partial charge in [0.05, 0.1) is 6.04 Å². The van der Waals surface area contributed by atoms with E-state index in [0.717, 1.165) is 25.1 Å². The molecule has 1 amide bonds. The average Bonchev–Trinajstić information content (AvgIpc) is 2.69. The van der Waals surface area contributed by atoms with Crippen LogP contribution in [0.15, 0.2) is 18.2 Å². The maximum absolute atomic E-state index is 11.9. The summed E-state index contributed by atoms with van der Waals surface area (Å²) >= 11 is 0. The van der Waals surface area contributed by atoms with Crippen molar-refractivity contribution in [1.29, 1.82) is 0 Å². The molecule has 0 spiro atoms. The third-order valence-corrected chi connectivity index (χ3v) is 3.48. The molecule has 0 saturated carbocycles. The summed E-state index contributed by atoms with van der Waals surface area (Å²) in [6, 6.07) is 6.44. The van der Waals surface area contributed by atoms with Crippen LogP contribution in [0.3, 0.4) is 0 Å². The lowest BCUT2D eigenvalue weighted by Crippen LogP contribution is -2.56. The smallest absolute Gasteiger partial charge is 0.251 e. The summed E-state index contributed by atoms with van der Waals surface area (Å²) in [4.78, 5) is 11.9. The van der Waals surface area contributed by atoms with Gasteiger partial charge in [-0.1, -0.05) is 6.07 Å². The molecule has 1 aliphatic carbocycles. The minimum Gasteiger partial charge on any atom is -0.347 e. The lowest BCUT2D eigenvalue weighted by Gasteiger charge is -2.28. The fourth-order valence-electron chi connectivity index (χ4n) is 2.37. The van der Waals surface area contributed by atoms with Crippen molar-refractivity contribution in [1.82, 2.24) is 10.6 Å². The highest BCUT2D eigenvalue weighted by molar-refractivity contribution is 5.94. The van der Waals surface area contributed by atoms with Crippen molar-refractivity contribution in [3.63, 3.8) is 0 Å². The lowest BCUT2D eigenvalue weighted by molar-refractivity contribution is 0.0924. The van der Waals surface area contributed by atoms with Gasteiger partial charge in [-0.05, 0) is 42.5 Å². The van der Waals surface area contributed by atoms with Crippen molar-refractivity contribution in [2.45, 2.75) is 25.3 Å². The molecule has 3 rings (SSSR count). The second kappa shape index (κ2) is 3.91. The van der Waals surface area contributed by atoms with Crippen LogP contribution in [-0.2, 0) is 12.8 Å². The number of nitrogens with one attached hydrogen (secondary N) is 2. The van der Waals surface area contributed by atoms with Gasteiger partial charge in [-0.25, -0.2) is 0 Å². The van der Waals surface area contributed by atoms with E-state index >= 15 is 0 Å². The highest BCUT2D eigenvalue weighted by atomic mass is 16.1. The van der Waals surface area contributed by atoms with Gasteiger partial charge in [0.1, 0.15) is 0 Å². The monoisotopic (exact) mass is 216 g/mol. The highest BCUT2D eigenvalue weighted by Crippen LogP contribution is 2.22. The van der Waals surface area contributed by atoms with E-state index in [1.807, 2.05) is 6.07 Å². The summed E-state index contributed by atoms with van der Waals surface area (Å²) in [6.07, 6.45) is 3.53. The van der Waals surface area contributed by atoms with Crippen molar-refractivity contribution < 1.29 is 4.79 Å². The largest absolute Gasteiger partial charge is 0.347 e. The molecule has 16 heavy (non-hydrogen) atoms. The van der Waals surface area contributed by atoms with Crippen molar-refractivity contribution in [3.8, 4) is 0 Å². The Morgan fingerprint density at radius 2 is 2.06 bits per heavy atom. The third-order valence-electron chi connectivity index (χ3n) is 3.48. The molecule has 2 aliphatic rings. The van der Waals surface area contributed by atoms with Gasteiger partial charge in [0.25, 0.3) is 5.91 Å². The first-order valence-corrected chi connectivity index (χ1v) is 5.96. The van der Waals surface area contributed by atoms with Crippen LogP contribution in [0, 0.1) is 0 Å². The number of hydrogen-bond acceptors (Lipinski definition) is 2. The van der Waals surface area contributed by atoms with Crippen molar-refractivity contribution in [2.75, 3.05) is 13.1 Å². The summed E-state index contributed by atoms with van der Waals surface area (Å²) in [5, 5.41) is 6.17. The highest BCUT2D eigenvalue weighted by Gasteiger charge is 2.20. The third kappa shape index (κ3) is 1.71. The van der Waals surface area contributed by atoms with Crippen LogP contribution < -0.4 is 10.6 Å². The summed E-state index contributed by atoms with van der Waals surface area (Å²) in [5.74, 6) is 0.0706. The van der Waals surface area contributed by atoms with Gasteiger partial charge in [-0.15, -0.1) is 0 Å². The number of aryl methyl sites for hydroxylation is 2. The fourth-order valence-corrected chi connectivity index (χ4v) is 2.37. The first-order chi connectivity index (χ1) is 7.83. The quantitative estimate of drug-likeness (QED) is 0.770. The molecule has 1 heterocycles. The van der Waals surface area contributed by atoms with E-state index in [1.54, 1.807) is 0 Å². The first kappa shape index (κ1) is 9.85. The van der Waals surface area contributed by atoms with E-state index in [4.69, 9.17) is 0 Å². The number of carbonyl (C=O) groups is 1. The first-order valence-electron chi connectivity index (χ1n) is 5.96. The van der Waals surface area contributed by atoms with Gasteiger partial charge in [0.15, 0.2) is 0 Å². The molecule has 1 aliphatic heterocycles.